The van der Waals surface area contributed by atoms with Crippen molar-refractivity contribution in [2.45, 2.75) is 44.2 Å². The van der Waals surface area contributed by atoms with Gasteiger partial charge >= 0.3 is 0 Å². The lowest BCUT2D eigenvalue weighted by Gasteiger charge is -2.26. The van der Waals surface area contributed by atoms with Gasteiger partial charge in [-0.1, -0.05) is 41.6 Å². The summed E-state index contributed by atoms with van der Waals surface area (Å²) in [6, 6.07) is 15.7. The van der Waals surface area contributed by atoms with Crippen LogP contribution in [0.1, 0.15) is 53.2 Å². The summed E-state index contributed by atoms with van der Waals surface area (Å²) in [6.07, 6.45) is 7.74. The van der Waals surface area contributed by atoms with Crippen molar-refractivity contribution in [1.29, 1.82) is 0 Å². The van der Waals surface area contributed by atoms with Crippen LogP contribution >= 0.6 is 0 Å². The van der Waals surface area contributed by atoms with Crippen LogP contribution in [-0.4, -0.2) is 45.2 Å². The number of nitrogens with zero attached hydrogens (tertiary/aromatic N) is 4. The molecule has 6 rings (SSSR count). The van der Waals surface area contributed by atoms with E-state index in [4.69, 9.17) is 14.2 Å². The standard InChI is InChI=1S/C27H26N4O3/c32-27(31(17-21-9-5-13-33-21)16-18-6-4-12-28-15-18)22-14-23(19-10-11-19)29-26-24(22)25(30-34-26)20-7-2-1-3-8-20/h1-4,6-8,12,14-15,19,21H,5,9-11,13,16-17H2. The average Bonchev–Trinajstić information content (AvgIpc) is 3.44. The first-order valence-electron chi connectivity index (χ1n) is 11.9. The summed E-state index contributed by atoms with van der Waals surface area (Å²) >= 11 is 0. The topological polar surface area (TPSA) is 81.4 Å². The Morgan fingerprint density at radius 2 is 1.97 bits per heavy atom. The van der Waals surface area contributed by atoms with Crippen molar-refractivity contribution >= 4 is 17.0 Å². The summed E-state index contributed by atoms with van der Waals surface area (Å²) in [6.45, 7) is 1.73. The van der Waals surface area contributed by atoms with E-state index in [9.17, 15) is 4.79 Å². The smallest absolute Gasteiger partial charge is 0.259 e. The molecule has 1 unspecified atom stereocenters. The van der Waals surface area contributed by atoms with E-state index < -0.39 is 0 Å². The number of ether oxygens (including phenoxy) is 1. The van der Waals surface area contributed by atoms with E-state index in [0.29, 0.717) is 41.4 Å². The Kier molecular flexibility index (Phi) is 5.55. The Labute approximate surface area is 197 Å². The highest BCUT2D eigenvalue weighted by atomic mass is 16.5. The molecule has 0 N–H and O–H groups in total. The highest BCUT2D eigenvalue weighted by Gasteiger charge is 2.32. The zero-order chi connectivity index (χ0) is 22.9. The number of aromatic nitrogens is 3. The normalized spacial score (nSPS) is 17.8. The Bertz CT molecular complexity index is 1300. The lowest BCUT2D eigenvalue weighted by atomic mass is 10.0. The third-order valence-electron chi connectivity index (χ3n) is 6.57. The number of benzene rings is 1. The van der Waals surface area contributed by atoms with Crippen LogP contribution in [0.25, 0.3) is 22.4 Å². The Hall–Kier alpha value is -3.58. The van der Waals surface area contributed by atoms with Crippen LogP contribution in [0.5, 0.6) is 0 Å². The lowest BCUT2D eigenvalue weighted by Crippen LogP contribution is -2.37. The predicted octanol–water partition coefficient (Wildman–Crippen LogP) is 4.98. The summed E-state index contributed by atoms with van der Waals surface area (Å²) in [4.78, 5) is 25.0. The molecule has 34 heavy (non-hydrogen) atoms. The van der Waals surface area contributed by atoms with Crippen LogP contribution in [0.2, 0.25) is 0 Å². The molecule has 2 fully saturated rings. The van der Waals surface area contributed by atoms with E-state index in [-0.39, 0.29) is 12.0 Å². The fourth-order valence-corrected chi connectivity index (χ4v) is 4.66. The van der Waals surface area contributed by atoms with E-state index in [1.54, 1.807) is 6.20 Å². The van der Waals surface area contributed by atoms with Crippen molar-refractivity contribution in [2.75, 3.05) is 13.2 Å². The Morgan fingerprint density at radius 1 is 1.09 bits per heavy atom. The van der Waals surface area contributed by atoms with Gasteiger partial charge in [-0.05, 0) is 43.4 Å². The van der Waals surface area contributed by atoms with Crippen LogP contribution in [-0.2, 0) is 11.3 Å². The molecule has 172 valence electrons. The van der Waals surface area contributed by atoms with Crippen LogP contribution in [0.4, 0.5) is 0 Å². The number of fused-ring (bicyclic) bond motifs is 1. The molecular weight excluding hydrogens is 428 g/mol. The first-order valence-corrected chi connectivity index (χ1v) is 11.9. The van der Waals surface area contributed by atoms with Gasteiger partial charge in [0.05, 0.1) is 17.1 Å². The molecule has 4 heterocycles. The molecule has 1 saturated carbocycles. The van der Waals surface area contributed by atoms with Crippen molar-refractivity contribution in [1.82, 2.24) is 20.0 Å². The SMILES string of the molecule is O=C(c1cc(C2CC2)nc2onc(-c3ccccc3)c12)N(Cc1cccnc1)CC1CCCO1. The van der Waals surface area contributed by atoms with Crippen molar-refractivity contribution in [3.63, 3.8) is 0 Å². The molecular formula is C27H26N4O3. The van der Waals surface area contributed by atoms with Gasteiger partial charge in [0.1, 0.15) is 5.69 Å². The monoisotopic (exact) mass is 454 g/mol. The van der Waals surface area contributed by atoms with E-state index in [1.165, 1.54) is 0 Å². The maximum Gasteiger partial charge on any atom is 0.259 e. The molecule has 1 aliphatic carbocycles. The van der Waals surface area contributed by atoms with E-state index in [2.05, 4.69) is 10.1 Å². The molecule has 3 aromatic heterocycles. The first-order chi connectivity index (χ1) is 16.8. The number of carbonyl (C=O) groups is 1. The molecule has 2 aliphatic rings. The van der Waals surface area contributed by atoms with E-state index in [0.717, 1.165) is 49.1 Å². The molecule has 7 nitrogen and oxygen atoms in total. The lowest BCUT2D eigenvalue weighted by molar-refractivity contribution is 0.0508. The second-order valence-electron chi connectivity index (χ2n) is 9.13. The van der Waals surface area contributed by atoms with Crippen LogP contribution in [0.15, 0.2) is 65.4 Å². The van der Waals surface area contributed by atoms with Gasteiger partial charge in [-0.15, -0.1) is 0 Å². The minimum absolute atomic E-state index is 0.0388. The van der Waals surface area contributed by atoms with Gasteiger partial charge in [-0.25, -0.2) is 4.98 Å². The maximum atomic E-state index is 14.2. The predicted molar refractivity (Wildman–Crippen MR) is 127 cm³/mol. The minimum atomic E-state index is -0.0611. The average molecular weight is 455 g/mol. The Morgan fingerprint density at radius 3 is 2.71 bits per heavy atom. The zero-order valence-corrected chi connectivity index (χ0v) is 18.9. The summed E-state index contributed by atoms with van der Waals surface area (Å²) < 4.78 is 11.6. The third-order valence-corrected chi connectivity index (χ3v) is 6.57. The second kappa shape index (κ2) is 8.99. The highest BCUT2D eigenvalue weighted by molar-refractivity contribution is 6.09. The Balaban J connectivity index is 1.45. The molecule has 0 radical (unpaired) electrons. The van der Waals surface area contributed by atoms with Crippen LogP contribution in [0.3, 0.4) is 0 Å². The van der Waals surface area contributed by atoms with Gasteiger partial charge in [0.25, 0.3) is 11.6 Å². The number of hydrogen-bond donors (Lipinski definition) is 0. The van der Waals surface area contributed by atoms with Crippen LogP contribution < -0.4 is 0 Å². The number of hydrogen-bond acceptors (Lipinski definition) is 6. The first kappa shape index (κ1) is 21.0. The quantitative estimate of drug-likeness (QED) is 0.392. The minimum Gasteiger partial charge on any atom is -0.376 e. The molecule has 1 saturated heterocycles. The molecule has 7 heteroatoms. The molecule has 1 atom stereocenters. The number of rotatable bonds is 7. The molecule has 0 spiro atoms. The summed E-state index contributed by atoms with van der Waals surface area (Å²) in [5.41, 5.74) is 4.45. The van der Waals surface area contributed by atoms with Crippen molar-refractivity contribution in [3.05, 3.63) is 77.7 Å². The van der Waals surface area contributed by atoms with Gasteiger partial charge in [0.15, 0.2) is 0 Å². The number of pyridine rings is 2. The van der Waals surface area contributed by atoms with Gasteiger partial charge < -0.3 is 14.2 Å². The van der Waals surface area contributed by atoms with Gasteiger partial charge in [-0.2, -0.15) is 0 Å². The van der Waals surface area contributed by atoms with Gasteiger partial charge in [-0.3, -0.25) is 9.78 Å². The number of carbonyl (C=O) groups excluding carboxylic acids is 1. The fraction of sp³-hybridized carbons (Fsp3) is 0.333. The third kappa shape index (κ3) is 4.19. The maximum absolute atomic E-state index is 14.2. The zero-order valence-electron chi connectivity index (χ0n) is 18.9. The largest absolute Gasteiger partial charge is 0.376 e. The van der Waals surface area contributed by atoms with Gasteiger partial charge in [0.2, 0.25) is 0 Å². The summed E-state index contributed by atoms with van der Waals surface area (Å²) in [7, 11) is 0. The van der Waals surface area contributed by atoms with Crippen molar-refractivity contribution < 1.29 is 14.1 Å². The molecule has 0 bridgehead atoms. The summed E-state index contributed by atoms with van der Waals surface area (Å²) in [5.74, 6) is 0.320. The van der Waals surface area contributed by atoms with E-state index >= 15 is 0 Å². The van der Waals surface area contributed by atoms with E-state index in [1.807, 2.05) is 59.6 Å². The molecule has 1 aliphatic heterocycles. The van der Waals surface area contributed by atoms with Crippen LogP contribution in [0, 0.1) is 0 Å². The number of amides is 1. The van der Waals surface area contributed by atoms with Gasteiger partial charge in [0, 0.05) is 49.3 Å². The fourth-order valence-electron chi connectivity index (χ4n) is 4.66. The highest BCUT2D eigenvalue weighted by Crippen LogP contribution is 2.41. The molecule has 1 amide bonds. The van der Waals surface area contributed by atoms with Crippen molar-refractivity contribution in [2.24, 2.45) is 0 Å². The summed E-state index contributed by atoms with van der Waals surface area (Å²) in [5, 5.41) is 5.00. The van der Waals surface area contributed by atoms with Crippen molar-refractivity contribution in [3.8, 4) is 11.3 Å². The second-order valence-corrected chi connectivity index (χ2v) is 9.13. The molecule has 4 aromatic rings. The molecule has 1 aromatic carbocycles.